The van der Waals surface area contributed by atoms with Gasteiger partial charge in [-0.3, -0.25) is 0 Å². The molecule has 1 aromatic rings. The van der Waals surface area contributed by atoms with E-state index < -0.39 is 0 Å². The molecule has 2 heteroatoms. The van der Waals surface area contributed by atoms with Crippen LogP contribution in [0.2, 0.25) is 0 Å². The van der Waals surface area contributed by atoms with Crippen LogP contribution in [-0.2, 0) is 0 Å². The summed E-state index contributed by atoms with van der Waals surface area (Å²) in [6.45, 7) is 4.98. The Hall–Kier alpha value is -1.49. The molecule has 68 valence electrons. The highest BCUT2D eigenvalue weighted by atomic mass is 15.1. The van der Waals surface area contributed by atoms with Gasteiger partial charge in [0.25, 0.3) is 0 Å². The lowest BCUT2D eigenvalue weighted by atomic mass is 10.1. The number of anilines is 1. The molecule has 1 rings (SSSR count). The lowest BCUT2D eigenvalue weighted by molar-refractivity contribution is 0.965. The number of nitrogens with zero attached hydrogens (tertiary/aromatic N) is 2. The van der Waals surface area contributed by atoms with E-state index >= 15 is 0 Å². The average molecular weight is 174 g/mol. The van der Waals surface area contributed by atoms with E-state index in [0.717, 1.165) is 23.4 Å². The summed E-state index contributed by atoms with van der Waals surface area (Å²) in [7, 11) is 1.99. The first-order valence-electron chi connectivity index (χ1n) is 4.41. The highest BCUT2D eigenvalue weighted by molar-refractivity contribution is 5.59. The zero-order valence-electron chi connectivity index (χ0n) is 8.33. The smallest absolute Gasteiger partial charge is 0.101 e. The summed E-state index contributed by atoms with van der Waals surface area (Å²) in [6, 6.07) is 8.16. The standard InChI is InChI=1S/C11H14N2/c1-4-13(3)11-6-5-9(2)7-10(11)8-12/h5-7H,4H2,1-3H3. The normalized spacial score (nSPS) is 9.38. The topological polar surface area (TPSA) is 27.0 Å². The third kappa shape index (κ3) is 2.00. The van der Waals surface area contributed by atoms with Crippen molar-refractivity contribution in [1.29, 1.82) is 5.26 Å². The van der Waals surface area contributed by atoms with Crippen LogP contribution >= 0.6 is 0 Å². The molecule has 0 aromatic heterocycles. The summed E-state index contributed by atoms with van der Waals surface area (Å²) in [4.78, 5) is 2.07. The van der Waals surface area contributed by atoms with Gasteiger partial charge in [-0.05, 0) is 31.5 Å². The molecule has 0 radical (unpaired) electrons. The minimum Gasteiger partial charge on any atom is -0.374 e. The molecule has 0 heterocycles. The van der Waals surface area contributed by atoms with Crippen molar-refractivity contribution in [2.75, 3.05) is 18.5 Å². The van der Waals surface area contributed by atoms with Crippen LogP contribution < -0.4 is 4.90 Å². The Balaban J connectivity index is 3.15. The molecule has 0 aliphatic heterocycles. The second-order valence-corrected chi connectivity index (χ2v) is 3.15. The number of hydrogen-bond donors (Lipinski definition) is 0. The predicted octanol–water partition coefficient (Wildman–Crippen LogP) is 2.32. The third-order valence-corrected chi connectivity index (χ3v) is 2.16. The van der Waals surface area contributed by atoms with Crippen molar-refractivity contribution >= 4 is 5.69 Å². The minimum absolute atomic E-state index is 0.754. The molecule has 2 nitrogen and oxygen atoms in total. The summed E-state index contributed by atoms with van der Waals surface area (Å²) in [5, 5.41) is 8.91. The fourth-order valence-electron chi connectivity index (χ4n) is 1.24. The zero-order valence-corrected chi connectivity index (χ0v) is 8.33. The number of benzene rings is 1. The Morgan fingerprint density at radius 1 is 1.46 bits per heavy atom. The summed E-state index contributed by atoms with van der Waals surface area (Å²) < 4.78 is 0. The van der Waals surface area contributed by atoms with Gasteiger partial charge in [-0.1, -0.05) is 6.07 Å². The van der Waals surface area contributed by atoms with E-state index in [9.17, 15) is 0 Å². The van der Waals surface area contributed by atoms with Crippen LogP contribution in [0.3, 0.4) is 0 Å². The highest BCUT2D eigenvalue weighted by Crippen LogP contribution is 2.19. The van der Waals surface area contributed by atoms with Gasteiger partial charge >= 0.3 is 0 Å². The van der Waals surface area contributed by atoms with Crippen LogP contribution in [0.5, 0.6) is 0 Å². The van der Waals surface area contributed by atoms with E-state index in [1.807, 2.05) is 32.2 Å². The van der Waals surface area contributed by atoms with E-state index in [2.05, 4.69) is 17.9 Å². The van der Waals surface area contributed by atoms with Crippen molar-refractivity contribution < 1.29 is 0 Å². The Labute approximate surface area is 79.4 Å². The molecule has 0 bridgehead atoms. The zero-order chi connectivity index (χ0) is 9.84. The van der Waals surface area contributed by atoms with Gasteiger partial charge < -0.3 is 4.90 Å². The van der Waals surface area contributed by atoms with E-state index in [4.69, 9.17) is 5.26 Å². The quantitative estimate of drug-likeness (QED) is 0.688. The summed E-state index contributed by atoms with van der Waals surface area (Å²) in [5.74, 6) is 0. The van der Waals surface area contributed by atoms with E-state index in [1.165, 1.54) is 0 Å². The molecular weight excluding hydrogens is 160 g/mol. The Morgan fingerprint density at radius 3 is 2.69 bits per heavy atom. The lowest BCUT2D eigenvalue weighted by Gasteiger charge is -2.18. The second-order valence-electron chi connectivity index (χ2n) is 3.15. The third-order valence-electron chi connectivity index (χ3n) is 2.16. The molecule has 0 atom stereocenters. The maximum absolute atomic E-state index is 8.91. The van der Waals surface area contributed by atoms with Crippen LogP contribution in [0.4, 0.5) is 5.69 Å². The van der Waals surface area contributed by atoms with Crippen molar-refractivity contribution in [2.24, 2.45) is 0 Å². The highest BCUT2D eigenvalue weighted by Gasteiger charge is 2.04. The molecule has 0 spiro atoms. The van der Waals surface area contributed by atoms with Crippen LogP contribution in [-0.4, -0.2) is 13.6 Å². The van der Waals surface area contributed by atoms with E-state index in [0.29, 0.717) is 0 Å². The second kappa shape index (κ2) is 3.95. The number of aryl methyl sites for hydroxylation is 1. The fourth-order valence-corrected chi connectivity index (χ4v) is 1.24. The van der Waals surface area contributed by atoms with Crippen molar-refractivity contribution in [1.82, 2.24) is 0 Å². The molecule has 0 aliphatic rings. The fraction of sp³-hybridized carbons (Fsp3) is 0.364. The van der Waals surface area contributed by atoms with Crippen LogP contribution in [0.15, 0.2) is 18.2 Å². The van der Waals surface area contributed by atoms with Gasteiger partial charge in [0.1, 0.15) is 6.07 Å². The number of hydrogen-bond acceptors (Lipinski definition) is 2. The summed E-state index contributed by atoms with van der Waals surface area (Å²) >= 11 is 0. The maximum atomic E-state index is 8.91. The SMILES string of the molecule is CCN(C)c1ccc(C)cc1C#N. The van der Waals surface area contributed by atoms with Gasteiger partial charge in [0.2, 0.25) is 0 Å². The summed E-state index contributed by atoms with van der Waals surface area (Å²) in [5.41, 5.74) is 2.89. The molecule has 0 fully saturated rings. The Morgan fingerprint density at radius 2 is 2.15 bits per heavy atom. The van der Waals surface area contributed by atoms with Crippen molar-refractivity contribution in [3.63, 3.8) is 0 Å². The molecule has 0 N–H and O–H groups in total. The summed E-state index contributed by atoms with van der Waals surface area (Å²) in [6.07, 6.45) is 0. The maximum Gasteiger partial charge on any atom is 0.101 e. The van der Waals surface area contributed by atoms with Crippen LogP contribution in [0, 0.1) is 18.3 Å². The van der Waals surface area contributed by atoms with Crippen molar-refractivity contribution in [3.8, 4) is 6.07 Å². The number of nitriles is 1. The monoisotopic (exact) mass is 174 g/mol. The largest absolute Gasteiger partial charge is 0.374 e. The van der Waals surface area contributed by atoms with Crippen LogP contribution in [0.1, 0.15) is 18.1 Å². The molecule has 0 saturated carbocycles. The van der Waals surface area contributed by atoms with E-state index in [-0.39, 0.29) is 0 Å². The van der Waals surface area contributed by atoms with E-state index in [1.54, 1.807) is 0 Å². The van der Waals surface area contributed by atoms with Gasteiger partial charge in [-0.15, -0.1) is 0 Å². The molecule has 1 aromatic carbocycles. The Kier molecular flexibility index (Phi) is 2.92. The molecule has 0 saturated heterocycles. The van der Waals surface area contributed by atoms with Crippen molar-refractivity contribution in [3.05, 3.63) is 29.3 Å². The van der Waals surface area contributed by atoms with Gasteiger partial charge in [0.15, 0.2) is 0 Å². The first kappa shape index (κ1) is 9.60. The van der Waals surface area contributed by atoms with Gasteiger partial charge in [0.05, 0.1) is 11.3 Å². The molecule has 0 amide bonds. The molecule has 13 heavy (non-hydrogen) atoms. The number of rotatable bonds is 2. The Bertz CT molecular complexity index is 336. The van der Waals surface area contributed by atoms with Gasteiger partial charge in [-0.2, -0.15) is 5.26 Å². The minimum atomic E-state index is 0.754. The molecule has 0 aliphatic carbocycles. The first-order chi connectivity index (χ1) is 6.19. The predicted molar refractivity (Wildman–Crippen MR) is 54.8 cm³/mol. The van der Waals surface area contributed by atoms with Crippen LogP contribution in [0.25, 0.3) is 0 Å². The lowest BCUT2D eigenvalue weighted by Crippen LogP contribution is -2.16. The van der Waals surface area contributed by atoms with Gasteiger partial charge in [-0.25, -0.2) is 0 Å². The molecular formula is C11H14N2. The van der Waals surface area contributed by atoms with Crippen molar-refractivity contribution in [2.45, 2.75) is 13.8 Å². The first-order valence-corrected chi connectivity index (χ1v) is 4.41. The molecule has 0 unspecified atom stereocenters. The van der Waals surface area contributed by atoms with Gasteiger partial charge in [0, 0.05) is 13.6 Å². The average Bonchev–Trinajstić information content (AvgIpc) is 2.16.